The number of hydrogen-bond donors (Lipinski definition) is 0. The number of rotatable bonds is 1. The second kappa shape index (κ2) is 4.04. The van der Waals surface area contributed by atoms with E-state index in [1.54, 1.807) is 0 Å². The molecule has 0 aliphatic heterocycles. The zero-order chi connectivity index (χ0) is 9.97. The van der Waals surface area contributed by atoms with Crippen molar-refractivity contribution in [1.29, 1.82) is 0 Å². The summed E-state index contributed by atoms with van der Waals surface area (Å²) in [6, 6.07) is 16.3. The lowest BCUT2D eigenvalue weighted by Gasteiger charge is -2.00. The fourth-order valence-corrected chi connectivity index (χ4v) is 1.47. The van der Waals surface area contributed by atoms with E-state index in [2.05, 4.69) is 6.07 Å². The van der Waals surface area contributed by atoms with Crippen LogP contribution < -0.4 is 0 Å². The third kappa shape index (κ3) is 2.09. The van der Waals surface area contributed by atoms with E-state index in [0.717, 1.165) is 16.1 Å². The number of halogens is 2. The molecule has 2 rings (SSSR count). The summed E-state index contributed by atoms with van der Waals surface area (Å²) in [7, 11) is 0. The Morgan fingerprint density at radius 2 is 1.43 bits per heavy atom. The van der Waals surface area contributed by atoms with Crippen LogP contribution in [0.1, 0.15) is 0 Å². The highest BCUT2D eigenvalue weighted by Gasteiger charge is 1.96. The zero-order valence-corrected chi connectivity index (χ0v) is 8.81. The van der Waals surface area contributed by atoms with Crippen molar-refractivity contribution in [2.45, 2.75) is 0 Å². The molecule has 0 saturated carbocycles. The minimum absolute atomic E-state index is 0.628. The molecule has 0 aromatic heterocycles. The first-order chi connectivity index (χ1) is 6.75. The highest BCUT2D eigenvalue weighted by Crippen LogP contribution is 2.22. The third-order valence-electron chi connectivity index (χ3n) is 1.95. The largest absolute Gasteiger partial charge is 0.0843 e. The summed E-state index contributed by atoms with van der Waals surface area (Å²) in [6.45, 7) is 0. The first kappa shape index (κ1) is 9.57. The molecule has 0 bridgehead atoms. The molecule has 0 aliphatic rings. The van der Waals surface area contributed by atoms with E-state index in [4.69, 9.17) is 23.2 Å². The zero-order valence-electron chi connectivity index (χ0n) is 7.30. The van der Waals surface area contributed by atoms with Crippen molar-refractivity contribution in [2.24, 2.45) is 0 Å². The molecule has 0 amide bonds. The Morgan fingerprint density at radius 1 is 0.786 bits per heavy atom. The predicted molar refractivity (Wildman–Crippen MR) is 60.7 cm³/mol. The van der Waals surface area contributed by atoms with Crippen LogP contribution in [0.4, 0.5) is 0 Å². The fraction of sp³-hybridized carbons (Fsp3) is 0. The molecule has 0 nitrogen and oxygen atoms in total. The van der Waals surface area contributed by atoms with Gasteiger partial charge in [0.1, 0.15) is 0 Å². The Balaban J connectivity index is 2.40. The molecule has 0 unspecified atom stereocenters. The number of hydrogen-bond acceptors (Lipinski definition) is 0. The summed E-state index contributed by atoms with van der Waals surface area (Å²) in [4.78, 5) is 0. The van der Waals surface area contributed by atoms with Crippen LogP contribution in [0.5, 0.6) is 0 Å². The lowest BCUT2D eigenvalue weighted by atomic mass is 10.1. The van der Waals surface area contributed by atoms with Gasteiger partial charge in [-0.15, -0.1) is 0 Å². The molecule has 2 heteroatoms. The van der Waals surface area contributed by atoms with Gasteiger partial charge in [0, 0.05) is 16.1 Å². The summed E-state index contributed by atoms with van der Waals surface area (Å²) >= 11 is 11.5. The molecule has 2 aromatic rings. The number of benzene rings is 2. The van der Waals surface area contributed by atoms with Gasteiger partial charge in [-0.25, -0.2) is 0 Å². The van der Waals surface area contributed by atoms with Crippen molar-refractivity contribution in [2.75, 3.05) is 0 Å². The van der Waals surface area contributed by atoms with E-state index in [1.165, 1.54) is 0 Å². The Kier molecular flexibility index (Phi) is 2.76. The maximum Gasteiger partial charge on any atom is 0.0485 e. The van der Waals surface area contributed by atoms with E-state index in [9.17, 15) is 0 Å². The van der Waals surface area contributed by atoms with Crippen molar-refractivity contribution in [3.8, 4) is 11.1 Å². The van der Waals surface area contributed by atoms with Crippen molar-refractivity contribution in [3.05, 3.63) is 58.6 Å². The monoisotopic (exact) mass is 221 g/mol. The summed E-state index contributed by atoms with van der Waals surface area (Å²) in [5.74, 6) is 0. The van der Waals surface area contributed by atoms with Crippen LogP contribution in [-0.4, -0.2) is 0 Å². The predicted octanol–water partition coefficient (Wildman–Crippen LogP) is 4.46. The minimum atomic E-state index is 0.628. The van der Waals surface area contributed by atoms with Crippen LogP contribution in [0.15, 0.2) is 42.5 Å². The summed E-state index contributed by atoms with van der Waals surface area (Å²) in [5.41, 5.74) is 2.20. The Bertz CT molecular complexity index is 372. The fourth-order valence-electron chi connectivity index (χ4n) is 1.23. The quantitative estimate of drug-likeness (QED) is 0.668. The van der Waals surface area contributed by atoms with Crippen LogP contribution in [-0.2, 0) is 0 Å². The topological polar surface area (TPSA) is 0 Å². The van der Waals surface area contributed by atoms with Gasteiger partial charge in [-0.05, 0) is 35.4 Å². The van der Waals surface area contributed by atoms with Gasteiger partial charge in [0.15, 0.2) is 0 Å². The standard InChI is InChI=1S/C12H7Cl2/c13-11-5-1-9(2-6-11)10-3-7-12(14)8-4-10/h1-7H. The highest BCUT2D eigenvalue weighted by molar-refractivity contribution is 6.30. The molecule has 0 aliphatic carbocycles. The molecule has 69 valence electrons. The van der Waals surface area contributed by atoms with Gasteiger partial charge in [-0.2, -0.15) is 0 Å². The third-order valence-corrected chi connectivity index (χ3v) is 2.44. The van der Waals surface area contributed by atoms with Crippen LogP contribution in [0.3, 0.4) is 0 Å². The first-order valence-corrected chi connectivity index (χ1v) is 4.94. The second-order valence-corrected chi connectivity index (χ2v) is 3.78. The Morgan fingerprint density at radius 3 is 2.00 bits per heavy atom. The molecular weight excluding hydrogens is 215 g/mol. The van der Waals surface area contributed by atoms with E-state index < -0.39 is 0 Å². The Labute approximate surface area is 93.1 Å². The van der Waals surface area contributed by atoms with Crippen molar-refractivity contribution in [1.82, 2.24) is 0 Å². The van der Waals surface area contributed by atoms with E-state index in [1.807, 2.05) is 42.5 Å². The maximum atomic E-state index is 5.80. The van der Waals surface area contributed by atoms with Gasteiger partial charge in [-0.1, -0.05) is 41.4 Å². The molecule has 0 spiro atoms. The smallest absolute Gasteiger partial charge is 0.0485 e. The summed E-state index contributed by atoms with van der Waals surface area (Å²) in [6.07, 6.45) is 0. The van der Waals surface area contributed by atoms with Crippen LogP contribution in [0, 0.1) is 6.07 Å². The molecule has 1 radical (unpaired) electrons. The van der Waals surface area contributed by atoms with Gasteiger partial charge < -0.3 is 0 Å². The summed E-state index contributed by atoms with van der Waals surface area (Å²) < 4.78 is 0. The van der Waals surface area contributed by atoms with Crippen LogP contribution in [0.25, 0.3) is 11.1 Å². The molecule has 0 heterocycles. The van der Waals surface area contributed by atoms with Gasteiger partial charge in [0.05, 0.1) is 0 Å². The minimum Gasteiger partial charge on any atom is -0.0843 e. The molecule has 14 heavy (non-hydrogen) atoms. The Hall–Kier alpha value is -0.980. The highest BCUT2D eigenvalue weighted by atomic mass is 35.5. The summed E-state index contributed by atoms with van der Waals surface area (Å²) in [5, 5.41) is 1.37. The van der Waals surface area contributed by atoms with E-state index >= 15 is 0 Å². The average molecular weight is 222 g/mol. The van der Waals surface area contributed by atoms with Crippen molar-refractivity contribution in [3.63, 3.8) is 0 Å². The van der Waals surface area contributed by atoms with Gasteiger partial charge in [-0.3, -0.25) is 0 Å². The van der Waals surface area contributed by atoms with Crippen LogP contribution >= 0.6 is 23.2 Å². The van der Waals surface area contributed by atoms with Gasteiger partial charge in [0.2, 0.25) is 0 Å². The van der Waals surface area contributed by atoms with E-state index in [0.29, 0.717) is 5.02 Å². The molecule has 0 atom stereocenters. The van der Waals surface area contributed by atoms with Crippen molar-refractivity contribution >= 4 is 23.2 Å². The molecule has 0 saturated heterocycles. The van der Waals surface area contributed by atoms with Crippen molar-refractivity contribution < 1.29 is 0 Å². The second-order valence-electron chi connectivity index (χ2n) is 2.93. The molecule has 0 N–H and O–H groups in total. The van der Waals surface area contributed by atoms with E-state index in [-0.39, 0.29) is 0 Å². The SMILES string of the molecule is Clc1[c]cc(-c2ccc(Cl)cc2)cc1. The molecular formula is C12H7Cl2. The van der Waals surface area contributed by atoms with Gasteiger partial charge in [0.25, 0.3) is 0 Å². The normalized spacial score (nSPS) is 10.1. The lowest BCUT2D eigenvalue weighted by molar-refractivity contribution is 1.61. The first-order valence-electron chi connectivity index (χ1n) is 4.19. The van der Waals surface area contributed by atoms with Gasteiger partial charge >= 0.3 is 0 Å². The average Bonchev–Trinajstić information content (AvgIpc) is 2.21. The molecule has 0 fully saturated rings. The lowest BCUT2D eigenvalue weighted by Crippen LogP contribution is -1.76. The maximum absolute atomic E-state index is 5.80. The van der Waals surface area contributed by atoms with Crippen LogP contribution in [0.2, 0.25) is 10.0 Å². The molecule has 2 aromatic carbocycles.